The summed E-state index contributed by atoms with van der Waals surface area (Å²) in [6.45, 7) is 2.74. The summed E-state index contributed by atoms with van der Waals surface area (Å²) in [5.74, 6) is 0.308. The Hall–Kier alpha value is -1.04. The second-order valence-electron chi connectivity index (χ2n) is 5.41. The molecule has 0 aliphatic heterocycles. The first kappa shape index (κ1) is 11.4. The molecule has 0 unspecified atom stereocenters. The van der Waals surface area contributed by atoms with Gasteiger partial charge in [-0.15, -0.1) is 0 Å². The van der Waals surface area contributed by atoms with Crippen molar-refractivity contribution in [2.45, 2.75) is 57.9 Å². The summed E-state index contributed by atoms with van der Waals surface area (Å²) in [7, 11) is 0. The van der Waals surface area contributed by atoms with Gasteiger partial charge in [0, 0.05) is 18.0 Å². The molecule has 0 saturated heterocycles. The molecule has 0 atom stereocenters. The molecule has 3 nitrogen and oxygen atoms in total. The Kier molecular flexibility index (Phi) is 3.18. The summed E-state index contributed by atoms with van der Waals surface area (Å²) in [5, 5.41) is 8.64. The molecule has 0 heterocycles. The van der Waals surface area contributed by atoms with E-state index in [2.05, 4.69) is 13.0 Å². The summed E-state index contributed by atoms with van der Waals surface area (Å²) in [4.78, 5) is 14.5. The van der Waals surface area contributed by atoms with Crippen LogP contribution in [0, 0.1) is 16.7 Å². The minimum Gasteiger partial charge on any atom is -0.338 e. The van der Waals surface area contributed by atoms with Crippen molar-refractivity contribution in [3.8, 4) is 6.07 Å². The maximum absolute atomic E-state index is 12.5. The van der Waals surface area contributed by atoms with Crippen molar-refractivity contribution in [2.75, 3.05) is 6.54 Å². The Bertz CT molecular complexity index is 308. The second kappa shape index (κ2) is 4.45. The van der Waals surface area contributed by atoms with Crippen molar-refractivity contribution in [3.63, 3.8) is 0 Å². The van der Waals surface area contributed by atoms with Gasteiger partial charge < -0.3 is 4.90 Å². The molecule has 1 amide bonds. The van der Waals surface area contributed by atoms with Crippen molar-refractivity contribution in [2.24, 2.45) is 5.41 Å². The highest BCUT2D eigenvalue weighted by molar-refractivity contribution is 5.83. The van der Waals surface area contributed by atoms with Crippen LogP contribution in [-0.2, 0) is 4.79 Å². The first-order chi connectivity index (χ1) is 7.67. The number of hydrogen-bond acceptors (Lipinski definition) is 2. The molecule has 0 spiro atoms. The normalized spacial score (nSPS) is 22.8. The van der Waals surface area contributed by atoms with Crippen LogP contribution < -0.4 is 0 Å². The van der Waals surface area contributed by atoms with Crippen LogP contribution in [0.5, 0.6) is 0 Å². The summed E-state index contributed by atoms with van der Waals surface area (Å²) < 4.78 is 0. The van der Waals surface area contributed by atoms with Crippen LogP contribution in [0.4, 0.5) is 0 Å². The minimum atomic E-state index is -0.127. The Labute approximate surface area is 97.4 Å². The number of rotatable bonds is 4. The van der Waals surface area contributed by atoms with E-state index >= 15 is 0 Å². The molecular formula is C13H20N2O. The number of nitrogens with zero attached hydrogens (tertiary/aromatic N) is 2. The van der Waals surface area contributed by atoms with Crippen LogP contribution in [0.15, 0.2) is 0 Å². The summed E-state index contributed by atoms with van der Waals surface area (Å²) in [6, 6.07) is 2.59. The lowest BCUT2D eigenvalue weighted by atomic mass is 9.87. The average Bonchev–Trinajstić information content (AvgIpc) is 3.01. The molecule has 2 aliphatic carbocycles. The molecule has 88 valence electrons. The molecule has 0 N–H and O–H groups in total. The van der Waals surface area contributed by atoms with Gasteiger partial charge in [0.1, 0.15) is 0 Å². The zero-order chi connectivity index (χ0) is 11.6. The van der Waals surface area contributed by atoms with E-state index in [1.165, 1.54) is 12.8 Å². The molecule has 2 rings (SSSR count). The maximum atomic E-state index is 12.5. The predicted molar refractivity (Wildman–Crippen MR) is 61.5 cm³/mol. The molecule has 0 aromatic carbocycles. The lowest BCUT2D eigenvalue weighted by Gasteiger charge is -2.31. The fourth-order valence-electron chi connectivity index (χ4n) is 2.72. The van der Waals surface area contributed by atoms with Crippen LogP contribution in [0.3, 0.4) is 0 Å². The lowest BCUT2D eigenvalue weighted by Crippen LogP contribution is -2.42. The van der Waals surface area contributed by atoms with Crippen LogP contribution in [0.1, 0.15) is 51.9 Å². The van der Waals surface area contributed by atoms with E-state index in [4.69, 9.17) is 5.26 Å². The largest absolute Gasteiger partial charge is 0.338 e. The Morgan fingerprint density at radius 2 is 2.06 bits per heavy atom. The van der Waals surface area contributed by atoms with Crippen LogP contribution in [0.25, 0.3) is 0 Å². The predicted octanol–water partition coefficient (Wildman–Crippen LogP) is 2.47. The Morgan fingerprint density at radius 3 is 2.56 bits per heavy atom. The fraction of sp³-hybridized carbons (Fsp3) is 0.846. The van der Waals surface area contributed by atoms with Crippen molar-refractivity contribution in [3.05, 3.63) is 0 Å². The molecule has 2 fully saturated rings. The van der Waals surface area contributed by atoms with Gasteiger partial charge in [-0.2, -0.15) is 5.26 Å². The van der Waals surface area contributed by atoms with Crippen LogP contribution >= 0.6 is 0 Å². The minimum absolute atomic E-state index is 0.127. The third-order valence-electron chi connectivity index (χ3n) is 3.94. The van der Waals surface area contributed by atoms with Gasteiger partial charge in [0.15, 0.2) is 0 Å². The van der Waals surface area contributed by atoms with Crippen molar-refractivity contribution in [1.82, 2.24) is 4.90 Å². The summed E-state index contributed by atoms with van der Waals surface area (Å²) in [5.41, 5.74) is -0.127. The van der Waals surface area contributed by atoms with E-state index in [9.17, 15) is 4.79 Å². The van der Waals surface area contributed by atoms with E-state index in [0.29, 0.717) is 24.9 Å². The third-order valence-corrected chi connectivity index (χ3v) is 3.94. The summed E-state index contributed by atoms with van der Waals surface area (Å²) in [6.07, 6.45) is 7.15. The number of carbonyl (C=O) groups is 1. The molecule has 3 heteroatoms. The van der Waals surface area contributed by atoms with E-state index in [-0.39, 0.29) is 5.41 Å². The molecule has 2 aliphatic rings. The van der Waals surface area contributed by atoms with Crippen molar-refractivity contribution >= 4 is 5.91 Å². The Balaban J connectivity index is 2.01. The number of carbonyl (C=O) groups excluding carboxylic acids is 1. The van der Waals surface area contributed by atoms with Gasteiger partial charge in [-0.1, -0.05) is 19.8 Å². The molecule has 0 aromatic heterocycles. The first-order valence-corrected chi connectivity index (χ1v) is 6.35. The number of hydrogen-bond donors (Lipinski definition) is 0. The second-order valence-corrected chi connectivity index (χ2v) is 5.41. The first-order valence-electron chi connectivity index (χ1n) is 6.35. The van der Waals surface area contributed by atoms with Crippen molar-refractivity contribution in [1.29, 1.82) is 5.26 Å². The standard InChI is InChI=1S/C13H20N2O/c1-13(7-2-3-8-13)12(16)15(10-4-9-14)11-5-6-11/h11H,2-8,10H2,1H3. The van der Waals surface area contributed by atoms with Gasteiger partial charge in [0.25, 0.3) is 0 Å². The van der Waals surface area contributed by atoms with E-state index in [1.807, 2.05) is 4.90 Å². The molecule has 0 bridgehead atoms. The smallest absolute Gasteiger partial charge is 0.228 e. The van der Waals surface area contributed by atoms with Crippen LogP contribution in [0.2, 0.25) is 0 Å². The van der Waals surface area contributed by atoms with Gasteiger partial charge in [-0.25, -0.2) is 0 Å². The average molecular weight is 220 g/mol. The van der Waals surface area contributed by atoms with Gasteiger partial charge in [-0.05, 0) is 25.7 Å². The highest BCUT2D eigenvalue weighted by Crippen LogP contribution is 2.41. The van der Waals surface area contributed by atoms with E-state index in [1.54, 1.807) is 0 Å². The highest BCUT2D eigenvalue weighted by Gasteiger charge is 2.43. The number of amides is 1. The van der Waals surface area contributed by atoms with Crippen LogP contribution in [-0.4, -0.2) is 23.4 Å². The number of nitriles is 1. The molecule has 2 saturated carbocycles. The van der Waals surface area contributed by atoms with E-state index in [0.717, 1.165) is 25.7 Å². The quantitative estimate of drug-likeness (QED) is 0.730. The van der Waals surface area contributed by atoms with Gasteiger partial charge in [0.05, 0.1) is 12.5 Å². The van der Waals surface area contributed by atoms with Crippen molar-refractivity contribution < 1.29 is 4.79 Å². The zero-order valence-electron chi connectivity index (χ0n) is 10.0. The molecular weight excluding hydrogens is 200 g/mol. The lowest BCUT2D eigenvalue weighted by molar-refractivity contribution is -0.141. The van der Waals surface area contributed by atoms with Gasteiger partial charge >= 0.3 is 0 Å². The van der Waals surface area contributed by atoms with Gasteiger partial charge in [-0.3, -0.25) is 4.79 Å². The highest BCUT2D eigenvalue weighted by atomic mass is 16.2. The Morgan fingerprint density at radius 1 is 1.44 bits per heavy atom. The van der Waals surface area contributed by atoms with E-state index < -0.39 is 0 Å². The molecule has 0 radical (unpaired) electrons. The maximum Gasteiger partial charge on any atom is 0.228 e. The summed E-state index contributed by atoms with van der Waals surface area (Å²) >= 11 is 0. The van der Waals surface area contributed by atoms with Gasteiger partial charge in [0.2, 0.25) is 5.91 Å². The topological polar surface area (TPSA) is 44.1 Å². The molecule has 0 aromatic rings. The third kappa shape index (κ3) is 2.21. The molecule has 16 heavy (non-hydrogen) atoms. The zero-order valence-corrected chi connectivity index (χ0v) is 10.0. The SMILES string of the molecule is CC1(C(=O)N(CCC#N)C2CC2)CCCC1. The monoisotopic (exact) mass is 220 g/mol. The fourth-order valence-corrected chi connectivity index (χ4v) is 2.72.